The zero-order valence-corrected chi connectivity index (χ0v) is 26.6. The van der Waals surface area contributed by atoms with Crippen LogP contribution in [0.3, 0.4) is 0 Å². The van der Waals surface area contributed by atoms with Gasteiger partial charge in [0, 0.05) is 26.3 Å². The van der Waals surface area contributed by atoms with E-state index in [1.165, 1.54) is 63.2 Å². The van der Waals surface area contributed by atoms with Crippen molar-refractivity contribution < 1.29 is 29.6 Å². The molecule has 0 N–H and O–H groups in total. The van der Waals surface area contributed by atoms with E-state index in [-0.39, 0.29) is 20.1 Å². The van der Waals surface area contributed by atoms with Gasteiger partial charge in [-0.05, 0) is 53.1 Å². The Balaban J connectivity index is 0.00000441. The molecule has 0 aliphatic rings. The Morgan fingerprint density at radius 3 is 2.10 bits per heavy atom. The number of nitrogens with zero attached hydrogens (tertiary/aromatic N) is 1. The van der Waals surface area contributed by atoms with Crippen LogP contribution in [-0.2, 0) is 20.1 Å². The zero-order chi connectivity index (χ0) is 27.1. The summed E-state index contributed by atoms with van der Waals surface area (Å²) in [6.45, 7) is 5.92. The first kappa shape index (κ1) is 31.8. The van der Waals surface area contributed by atoms with E-state index in [0.29, 0.717) is 0 Å². The number of hydrogen-bond donors (Lipinski definition) is 0. The van der Waals surface area contributed by atoms with Crippen LogP contribution < -0.4 is 9.47 Å². The minimum Gasteiger partial charge on any atom is -0.490 e. The van der Waals surface area contributed by atoms with Crippen molar-refractivity contribution in [3.63, 3.8) is 0 Å². The number of benzene rings is 3. The Morgan fingerprint density at radius 1 is 0.650 bits per heavy atom. The molecule has 1 heterocycles. The first-order chi connectivity index (χ1) is 19.3. The van der Waals surface area contributed by atoms with Gasteiger partial charge in [0.2, 0.25) is 0 Å². The number of ether oxygens (including phenoxy) is 2. The van der Waals surface area contributed by atoms with Gasteiger partial charge in [0.25, 0.3) is 0 Å². The minimum atomic E-state index is 0. The average Bonchev–Trinajstić information content (AvgIpc) is 2.98. The topological polar surface area (TPSA) is 31.4 Å². The molecule has 0 aliphatic heterocycles. The largest absolute Gasteiger partial charge is 0.490 e. The summed E-state index contributed by atoms with van der Waals surface area (Å²) in [5.41, 5.74) is 4.17. The summed E-state index contributed by atoms with van der Waals surface area (Å²) in [4.78, 5) is 4.70. The molecule has 0 unspecified atom stereocenters. The summed E-state index contributed by atoms with van der Waals surface area (Å²) in [7, 11) is 0. The van der Waals surface area contributed by atoms with E-state index in [2.05, 4.69) is 80.6 Å². The van der Waals surface area contributed by atoms with E-state index in [9.17, 15) is 0 Å². The van der Waals surface area contributed by atoms with Gasteiger partial charge < -0.3 is 14.5 Å². The zero-order valence-electron chi connectivity index (χ0n) is 24.2. The third-order valence-corrected chi connectivity index (χ3v) is 7.27. The van der Waals surface area contributed by atoms with Crippen LogP contribution >= 0.6 is 0 Å². The Bertz CT molecular complexity index is 1280. The van der Waals surface area contributed by atoms with Gasteiger partial charge in [0.15, 0.2) is 11.5 Å². The summed E-state index contributed by atoms with van der Waals surface area (Å²) >= 11 is 0. The van der Waals surface area contributed by atoms with Crippen LogP contribution in [0.25, 0.3) is 33.2 Å². The normalized spacial score (nSPS) is 10.8. The van der Waals surface area contributed by atoms with Crippen molar-refractivity contribution in [2.45, 2.75) is 84.5 Å². The molecule has 3 nitrogen and oxygen atoms in total. The molecular formula is C36H44IrNO2-. The molecule has 0 bridgehead atoms. The molecule has 0 spiro atoms. The summed E-state index contributed by atoms with van der Waals surface area (Å²) in [5, 5.41) is 2.32. The molecule has 1 radical (unpaired) electrons. The molecule has 0 amide bonds. The van der Waals surface area contributed by atoms with Crippen molar-refractivity contribution >= 4 is 10.8 Å². The van der Waals surface area contributed by atoms with Gasteiger partial charge in [0.05, 0.1) is 13.2 Å². The molecule has 215 valence electrons. The van der Waals surface area contributed by atoms with Crippen LogP contribution in [0.2, 0.25) is 0 Å². The maximum Gasteiger partial charge on any atom is 0.161 e. The number of rotatable bonds is 17. The standard InChI is InChI=1S/C36H44NO2.Ir/c1-3-5-7-8-9-10-11-15-26-39-35-28-31(21-22-34(35)38-25-14-6-4-2)30-18-16-19-32(27-30)36-33-20-13-12-17-29(33)23-24-37-36;/h12-13,16-18,20-24,27-28H,3-11,14-15,25-26H2,1-2H3;/q-1;. The van der Waals surface area contributed by atoms with Gasteiger partial charge >= 0.3 is 0 Å². The van der Waals surface area contributed by atoms with Crippen LogP contribution in [0.5, 0.6) is 11.5 Å². The quantitative estimate of drug-likeness (QED) is 0.0806. The van der Waals surface area contributed by atoms with Crippen molar-refractivity contribution in [2.75, 3.05) is 13.2 Å². The molecule has 0 aliphatic carbocycles. The number of aromatic nitrogens is 1. The summed E-state index contributed by atoms with van der Waals surface area (Å²) in [5.74, 6) is 1.68. The SMILES string of the molecule is CCCCCCCCCCOc1cc(-c2cc[c-]c(-c3nccc4ccccc34)c2)ccc1OCCCCC.[Ir]. The second-order valence-electron chi connectivity index (χ2n) is 10.4. The van der Waals surface area contributed by atoms with Crippen molar-refractivity contribution in [1.82, 2.24) is 4.98 Å². The molecule has 0 fully saturated rings. The van der Waals surface area contributed by atoms with Gasteiger partial charge in [-0.3, -0.25) is 0 Å². The predicted molar refractivity (Wildman–Crippen MR) is 165 cm³/mol. The second kappa shape index (κ2) is 17.9. The first-order valence-corrected chi connectivity index (χ1v) is 15.1. The maximum absolute atomic E-state index is 6.33. The Hall–Kier alpha value is -2.68. The van der Waals surface area contributed by atoms with Crippen molar-refractivity contribution in [3.8, 4) is 33.9 Å². The first-order valence-electron chi connectivity index (χ1n) is 15.1. The van der Waals surface area contributed by atoms with Crippen molar-refractivity contribution in [2.24, 2.45) is 0 Å². The molecule has 3 aromatic carbocycles. The summed E-state index contributed by atoms with van der Waals surface area (Å²) in [6.07, 6.45) is 15.6. The molecule has 0 atom stereocenters. The Kier molecular flexibility index (Phi) is 14.2. The van der Waals surface area contributed by atoms with Crippen LogP contribution in [0, 0.1) is 6.07 Å². The smallest absolute Gasteiger partial charge is 0.161 e. The Morgan fingerprint density at radius 2 is 1.30 bits per heavy atom. The molecule has 1 aromatic heterocycles. The molecular weight excluding hydrogens is 671 g/mol. The van der Waals surface area contributed by atoms with Gasteiger partial charge in [-0.15, -0.1) is 35.4 Å². The van der Waals surface area contributed by atoms with Gasteiger partial charge in [0.1, 0.15) is 0 Å². The van der Waals surface area contributed by atoms with Crippen LogP contribution in [0.15, 0.2) is 72.9 Å². The molecule has 4 aromatic rings. The number of hydrogen-bond acceptors (Lipinski definition) is 3. The van der Waals surface area contributed by atoms with E-state index in [4.69, 9.17) is 14.5 Å². The van der Waals surface area contributed by atoms with E-state index in [1.807, 2.05) is 12.3 Å². The fraction of sp³-hybridized carbons (Fsp3) is 0.417. The van der Waals surface area contributed by atoms with Crippen molar-refractivity contribution in [1.29, 1.82) is 0 Å². The molecule has 4 heteroatoms. The van der Waals surface area contributed by atoms with Crippen LogP contribution in [0.4, 0.5) is 0 Å². The minimum absolute atomic E-state index is 0. The molecule has 4 rings (SSSR count). The van der Waals surface area contributed by atoms with E-state index in [1.54, 1.807) is 0 Å². The monoisotopic (exact) mass is 715 g/mol. The predicted octanol–water partition coefficient (Wildman–Crippen LogP) is 10.5. The van der Waals surface area contributed by atoms with Gasteiger partial charge in [-0.1, -0.05) is 102 Å². The molecule has 0 saturated heterocycles. The van der Waals surface area contributed by atoms with Gasteiger partial charge in [-0.25, -0.2) is 0 Å². The third kappa shape index (κ3) is 9.46. The Labute approximate surface area is 255 Å². The number of fused-ring (bicyclic) bond motifs is 1. The van der Waals surface area contributed by atoms with E-state index < -0.39 is 0 Å². The molecule has 40 heavy (non-hydrogen) atoms. The fourth-order valence-electron chi connectivity index (χ4n) is 4.99. The second-order valence-corrected chi connectivity index (χ2v) is 10.4. The van der Waals surface area contributed by atoms with Gasteiger partial charge in [-0.2, -0.15) is 0 Å². The van der Waals surface area contributed by atoms with Crippen LogP contribution in [-0.4, -0.2) is 18.2 Å². The number of unbranched alkanes of at least 4 members (excludes halogenated alkanes) is 9. The maximum atomic E-state index is 6.33. The third-order valence-electron chi connectivity index (χ3n) is 7.27. The van der Waals surface area contributed by atoms with E-state index in [0.717, 1.165) is 65.3 Å². The fourth-order valence-corrected chi connectivity index (χ4v) is 4.99. The van der Waals surface area contributed by atoms with Crippen LogP contribution in [0.1, 0.15) is 84.5 Å². The summed E-state index contributed by atoms with van der Waals surface area (Å²) < 4.78 is 12.5. The number of pyridine rings is 1. The summed E-state index contributed by atoms with van der Waals surface area (Å²) in [6, 6.07) is 26.4. The van der Waals surface area contributed by atoms with E-state index >= 15 is 0 Å². The average molecular weight is 715 g/mol. The van der Waals surface area contributed by atoms with Crippen molar-refractivity contribution in [3.05, 3.63) is 79.0 Å². The molecule has 0 saturated carbocycles.